The van der Waals surface area contributed by atoms with Crippen LogP contribution in [0.5, 0.6) is 5.75 Å². The molecule has 0 aliphatic carbocycles. The van der Waals surface area contributed by atoms with Crippen molar-refractivity contribution in [3.05, 3.63) is 59.3 Å². The number of aromatic nitrogens is 1. The van der Waals surface area contributed by atoms with Gasteiger partial charge >= 0.3 is 0 Å². The third kappa shape index (κ3) is 2.93. The Hall–Kier alpha value is -2.86. The fraction of sp³-hybridized carbons (Fsp3) is 0.200. The molecule has 0 atom stereocenters. The van der Waals surface area contributed by atoms with E-state index in [1.807, 2.05) is 62.4 Å². The molecule has 0 amide bonds. The minimum Gasteiger partial charge on any atom is -0.510 e. The Morgan fingerprint density at radius 2 is 1.88 bits per heavy atom. The van der Waals surface area contributed by atoms with Crippen LogP contribution in [0.3, 0.4) is 0 Å². The summed E-state index contributed by atoms with van der Waals surface area (Å²) in [4.78, 5) is 6.36. The van der Waals surface area contributed by atoms with E-state index < -0.39 is 0 Å². The summed E-state index contributed by atoms with van der Waals surface area (Å²) < 4.78 is 6.71. The Kier molecular flexibility index (Phi) is 4.12. The molecule has 0 fully saturated rings. The van der Waals surface area contributed by atoms with Gasteiger partial charge in [-0.05, 0) is 50.2 Å². The van der Waals surface area contributed by atoms with E-state index >= 15 is 0 Å². The third-order valence-corrected chi connectivity index (χ3v) is 5.19. The van der Waals surface area contributed by atoms with Crippen molar-refractivity contribution < 1.29 is 9.84 Å². The predicted molar refractivity (Wildman–Crippen MR) is 106 cm³/mol. The van der Waals surface area contributed by atoms with E-state index in [0.717, 1.165) is 21.7 Å². The average molecular weight is 365 g/mol. The number of thiazole rings is 1. The van der Waals surface area contributed by atoms with Gasteiger partial charge in [0.2, 0.25) is 0 Å². The highest BCUT2D eigenvalue weighted by Crippen LogP contribution is 2.35. The molecule has 0 saturated carbocycles. The lowest BCUT2D eigenvalue weighted by Crippen LogP contribution is -2.25. The predicted octanol–water partition coefficient (Wildman–Crippen LogP) is 4.85. The highest BCUT2D eigenvalue weighted by Gasteiger charge is 2.31. The fourth-order valence-electron chi connectivity index (χ4n) is 2.98. The molecule has 3 aromatic rings. The van der Waals surface area contributed by atoms with E-state index in [1.165, 1.54) is 11.3 Å². The second kappa shape index (κ2) is 6.46. The number of hydrogen-bond donors (Lipinski definition) is 2. The maximum absolute atomic E-state index is 10.5. The number of nitrogens with zero attached hydrogens (tertiary/aromatic N) is 2. The molecule has 0 bridgehead atoms. The summed E-state index contributed by atoms with van der Waals surface area (Å²) in [5.74, 6) is 1.23. The van der Waals surface area contributed by atoms with Crippen LogP contribution in [0.2, 0.25) is 0 Å². The fourth-order valence-corrected chi connectivity index (χ4v) is 4.01. The number of anilines is 1. The zero-order valence-electron chi connectivity index (χ0n) is 14.6. The lowest BCUT2D eigenvalue weighted by Gasteiger charge is -2.19. The number of benzene rings is 2. The van der Waals surface area contributed by atoms with Crippen molar-refractivity contribution in [2.24, 2.45) is 0 Å². The summed E-state index contributed by atoms with van der Waals surface area (Å²) >= 11 is 1.49. The van der Waals surface area contributed by atoms with Crippen molar-refractivity contribution in [3.8, 4) is 5.75 Å². The maximum atomic E-state index is 10.5. The minimum absolute atomic E-state index is 0.113. The van der Waals surface area contributed by atoms with Gasteiger partial charge in [0.15, 0.2) is 0 Å². The van der Waals surface area contributed by atoms with E-state index in [4.69, 9.17) is 10.1 Å². The van der Waals surface area contributed by atoms with Crippen LogP contribution in [0.25, 0.3) is 15.8 Å². The second-order valence-corrected chi connectivity index (χ2v) is 7.43. The zero-order chi connectivity index (χ0) is 18.3. The highest BCUT2D eigenvalue weighted by atomic mass is 32.1. The second-order valence-electron chi connectivity index (χ2n) is 6.40. The first-order valence-corrected chi connectivity index (χ1v) is 9.26. The van der Waals surface area contributed by atoms with Crippen molar-refractivity contribution in [3.63, 3.8) is 0 Å². The quantitative estimate of drug-likeness (QED) is 0.693. The van der Waals surface area contributed by atoms with Gasteiger partial charge in [-0.3, -0.25) is 5.41 Å². The molecular weight excluding hydrogens is 346 g/mol. The normalized spacial score (nSPS) is 14.7. The number of aliphatic hydroxyl groups is 1. The topological polar surface area (TPSA) is 69.4 Å². The number of nitrogens with one attached hydrogen (secondary N) is 1. The van der Waals surface area contributed by atoms with Crippen LogP contribution in [0.15, 0.2) is 54.3 Å². The zero-order valence-corrected chi connectivity index (χ0v) is 15.4. The van der Waals surface area contributed by atoms with Crippen LogP contribution in [-0.4, -0.2) is 28.6 Å². The van der Waals surface area contributed by atoms with E-state index in [0.29, 0.717) is 10.6 Å². The molecule has 0 spiro atoms. The van der Waals surface area contributed by atoms with E-state index in [-0.39, 0.29) is 24.2 Å². The van der Waals surface area contributed by atoms with Crippen molar-refractivity contribution in [2.75, 3.05) is 11.4 Å². The summed E-state index contributed by atoms with van der Waals surface area (Å²) in [6.07, 6.45) is 0.113. The molecule has 0 unspecified atom stereocenters. The third-order valence-electron chi connectivity index (χ3n) is 4.13. The number of para-hydroxylation sites is 1. The first-order chi connectivity index (χ1) is 12.5. The van der Waals surface area contributed by atoms with Crippen LogP contribution >= 0.6 is 11.3 Å². The molecule has 1 aliphatic rings. The van der Waals surface area contributed by atoms with Crippen LogP contribution in [0.4, 0.5) is 5.69 Å². The van der Waals surface area contributed by atoms with Crippen molar-refractivity contribution in [1.29, 1.82) is 5.41 Å². The van der Waals surface area contributed by atoms with Crippen LogP contribution in [-0.2, 0) is 0 Å². The Morgan fingerprint density at radius 1 is 1.15 bits per heavy atom. The van der Waals surface area contributed by atoms with Gasteiger partial charge in [0.25, 0.3) is 0 Å². The Bertz CT molecular complexity index is 972. The molecule has 1 aromatic heterocycles. The molecule has 2 aromatic carbocycles. The molecular formula is C20H19N3O2S. The number of rotatable bonds is 4. The smallest absolute Gasteiger partial charge is 0.139 e. The van der Waals surface area contributed by atoms with Crippen molar-refractivity contribution >= 4 is 38.6 Å². The van der Waals surface area contributed by atoms with Crippen LogP contribution in [0, 0.1) is 5.41 Å². The number of amidine groups is 1. The first-order valence-electron chi connectivity index (χ1n) is 8.44. The molecule has 26 heavy (non-hydrogen) atoms. The van der Waals surface area contributed by atoms with Gasteiger partial charge in [0, 0.05) is 5.69 Å². The summed E-state index contributed by atoms with van der Waals surface area (Å²) in [5, 5.41) is 19.7. The summed E-state index contributed by atoms with van der Waals surface area (Å²) in [5.41, 5.74) is 2.23. The van der Waals surface area contributed by atoms with E-state index in [1.54, 1.807) is 4.90 Å². The Morgan fingerprint density at radius 3 is 2.58 bits per heavy atom. The van der Waals surface area contributed by atoms with E-state index in [9.17, 15) is 5.11 Å². The molecule has 6 heteroatoms. The maximum Gasteiger partial charge on any atom is 0.139 e. The Labute approximate surface area is 155 Å². The average Bonchev–Trinajstić information content (AvgIpc) is 3.15. The standard InChI is InChI=1S/C20H19N3O2S/c1-12(2)25-14-9-7-13(8-10-14)23-11-16(24)18(19(23)21)20-22-15-5-3-4-6-17(15)26-20/h3-10,12,21,24H,11H2,1-2H3. The molecule has 4 rings (SSSR count). The molecule has 1 aliphatic heterocycles. The van der Waals surface area contributed by atoms with Gasteiger partial charge in [0.1, 0.15) is 22.4 Å². The monoisotopic (exact) mass is 365 g/mol. The summed E-state index contributed by atoms with van der Waals surface area (Å²) in [6.45, 7) is 4.24. The van der Waals surface area contributed by atoms with Crippen LogP contribution in [0.1, 0.15) is 18.9 Å². The minimum atomic E-state index is 0.113. The molecule has 0 radical (unpaired) electrons. The van der Waals surface area contributed by atoms with Crippen LogP contribution < -0.4 is 9.64 Å². The number of ether oxygens (including phenoxy) is 1. The lowest BCUT2D eigenvalue weighted by atomic mass is 10.2. The summed E-state index contributed by atoms with van der Waals surface area (Å²) in [7, 11) is 0. The Balaban J connectivity index is 1.61. The van der Waals surface area contributed by atoms with E-state index in [2.05, 4.69) is 4.98 Å². The first kappa shape index (κ1) is 16.6. The molecule has 0 saturated heterocycles. The largest absolute Gasteiger partial charge is 0.510 e. The molecule has 2 heterocycles. The van der Waals surface area contributed by atoms with Gasteiger partial charge in [-0.1, -0.05) is 12.1 Å². The highest BCUT2D eigenvalue weighted by molar-refractivity contribution is 7.19. The SMILES string of the molecule is CC(C)Oc1ccc(N2CC(O)=C(c3nc4ccccc4s3)C2=N)cc1. The number of fused-ring (bicyclic) bond motifs is 1. The molecule has 132 valence electrons. The van der Waals surface area contributed by atoms with Gasteiger partial charge in [-0.15, -0.1) is 11.3 Å². The van der Waals surface area contributed by atoms with Gasteiger partial charge in [-0.2, -0.15) is 0 Å². The van der Waals surface area contributed by atoms with Gasteiger partial charge in [-0.25, -0.2) is 4.98 Å². The van der Waals surface area contributed by atoms with Gasteiger partial charge in [0.05, 0.1) is 28.4 Å². The van der Waals surface area contributed by atoms with Crippen molar-refractivity contribution in [1.82, 2.24) is 4.98 Å². The lowest BCUT2D eigenvalue weighted by molar-refractivity contribution is 0.242. The molecule has 2 N–H and O–H groups in total. The molecule has 5 nitrogen and oxygen atoms in total. The number of aliphatic hydroxyl groups excluding tert-OH is 1. The van der Waals surface area contributed by atoms with Crippen molar-refractivity contribution in [2.45, 2.75) is 20.0 Å². The summed E-state index contributed by atoms with van der Waals surface area (Å²) in [6, 6.07) is 15.4. The van der Waals surface area contributed by atoms with Gasteiger partial charge < -0.3 is 14.7 Å². The number of hydrogen-bond acceptors (Lipinski definition) is 5.